The maximum Gasteiger partial charge on any atom is 0.506 e. The summed E-state index contributed by atoms with van der Waals surface area (Å²) in [6.45, 7) is 0.364. The van der Waals surface area contributed by atoms with E-state index in [9.17, 15) is 0 Å². The van der Waals surface area contributed by atoms with Crippen LogP contribution in [-0.4, -0.2) is 25.0 Å². The van der Waals surface area contributed by atoms with Gasteiger partial charge < -0.3 is 9.47 Å². The van der Waals surface area contributed by atoms with E-state index in [1.165, 1.54) is 3.69 Å². The minimum atomic E-state index is -0.251. The first-order valence-corrected chi connectivity index (χ1v) is 7.95. The van der Waals surface area contributed by atoms with Crippen molar-refractivity contribution in [3.8, 4) is 11.5 Å². The number of hydrogen-bond acceptors (Lipinski definition) is 2. The van der Waals surface area contributed by atoms with Crippen LogP contribution < -0.4 is 13.2 Å². The molecule has 1 heterocycles. The molecule has 2 nitrogen and oxygen atoms in total. The molecule has 0 N–H and O–H groups in total. The normalized spacial score (nSPS) is 11.8. The zero-order valence-corrected chi connectivity index (χ0v) is 11.0. The smallest absolute Gasteiger partial charge is 0.454 e. The molecule has 0 bridgehead atoms. The Labute approximate surface area is 97.0 Å². The van der Waals surface area contributed by atoms with Gasteiger partial charge in [-0.15, -0.1) is 20.7 Å². The van der Waals surface area contributed by atoms with Crippen molar-refractivity contribution >= 4 is 51.8 Å². The summed E-state index contributed by atoms with van der Waals surface area (Å²) >= 11 is 3.26. The summed E-state index contributed by atoms with van der Waals surface area (Å²) in [6.07, 6.45) is 0. The monoisotopic (exact) mass is 304 g/mol. The lowest BCUT2D eigenvalue weighted by molar-refractivity contribution is 0.174. The van der Waals surface area contributed by atoms with Gasteiger partial charge in [0.05, 0.1) is 0 Å². The second kappa shape index (κ2) is 4.69. The summed E-state index contributed by atoms with van der Waals surface area (Å²) in [5.74, 6) is 1.75. The average Bonchev–Trinajstić information content (AvgIpc) is 2.50. The molecule has 1 aromatic carbocycles. The van der Waals surface area contributed by atoms with E-state index in [4.69, 9.17) is 9.47 Å². The summed E-state index contributed by atoms with van der Waals surface area (Å²) in [4.78, 5) is 0. The highest BCUT2D eigenvalue weighted by Gasteiger charge is 2.12. The van der Waals surface area contributed by atoms with Gasteiger partial charge in [0.25, 0.3) is 0 Å². The fourth-order valence-corrected chi connectivity index (χ4v) is 2.54. The van der Waals surface area contributed by atoms with E-state index in [1.54, 1.807) is 0 Å². The van der Waals surface area contributed by atoms with Gasteiger partial charge in [-0.05, 0) is 12.1 Å². The van der Waals surface area contributed by atoms with Crippen LogP contribution in [0.25, 0.3) is 0 Å². The number of benzene rings is 1. The molecular weight excluding hydrogens is 300 g/mol. The van der Waals surface area contributed by atoms with Gasteiger partial charge in [0.2, 0.25) is 6.79 Å². The highest BCUT2D eigenvalue weighted by atomic mass is 79.9. The molecule has 0 aliphatic carbocycles. The number of ether oxygens (including phenoxy) is 2. The third-order valence-corrected chi connectivity index (χ3v) is 4.28. The van der Waals surface area contributed by atoms with E-state index in [2.05, 4.69) is 19.0 Å². The summed E-state index contributed by atoms with van der Waals surface area (Å²) in [5.41, 5.74) is 0. The van der Waals surface area contributed by atoms with Crippen LogP contribution in [0.5, 0.6) is 11.5 Å². The van der Waals surface area contributed by atoms with Crippen LogP contribution in [0.2, 0.25) is 0 Å². The first-order valence-electron chi connectivity index (χ1n) is 3.34. The summed E-state index contributed by atoms with van der Waals surface area (Å²) in [7, 11) is 0. The van der Waals surface area contributed by atoms with Crippen molar-refractivity contribution in [3.63, 3.8) is 0 Å². The molecule has 0 amide bonds. The van der Waals surface area contributed by atoms with Gasteiger partial charge in [-0.25, -0.2) is 0 Å². The lowest BCUT2D eigenvalue weighted by Gasteiger charge is -1.97. The van der Waals surface area contributed by atoms with Crippen LogP contribution in [0.4, 0.5) is 0 Å². The van der Waals surface area contributed by atoms with Crippen LogP contribution in [0.1, 0.15) is 0 Å². The van der Waals surface area contributed by atoms with E-state index < -0.39 is 0 Å². The van der Waals surface area contributed by atoms with E-state index in [0.29, 0.717) is 6.79 Å². The van der Waals surface area contributed by atoms with E-state index in [-0.39, 0.29) is 35.2 Å². The molecular formula is C7H6Br2MgO2. The lowest BCUT2D eigenvalue weighted by atomic mass is 10.3. The largest absolute Gasteiger partial charge is 0.506 e. The van der Waals surface area contributed by atoms with Crippen molar-refractivity contribution in [2.75, 3.05) is 6.79 Å². The number of hydrogen-bond donors (Lipinski definition) is 0. The minimum Gasteiger partial charge on any atom is -0.454 e. The van der Waals surface area contributed by atoms with E-state index in [0.717, 1.165) is 11.5 Å². The Morgan fingerprint density at radius 1 is 1.25 bits per heavy atom. The number of fused-ring (bicyclic) bond motifs is 1. The molecule has 1 aromatic rings. The minimum absolute atomic E-state index is 0. The number of rotatable bonds is 1. The number of halogens is 2. The van der Waals surface area contributed by atoms with Crippen molar-refractivity contribution in [3.05, 3.63) is 18.2 Å². The van der Waals surface area contributed by atoms with Crippen LogP contribution in [0, 0.1) is 0 Å². The molecule has 0 saturated heterocycles. The third kappa shape index (κ3) is 2.07. The van der Waals surface area contributed by atoms with Gasteiger partial charge in [-0.1, -0.05) is 6.07 Å². The second-order valence-corrected chi connectivity index (χ2v) is 5.09. The predicted molar refractivity (Wildman–Crippen MR) is 57.2 cm³/mol. The molecule has 2 rings (SSSR count). The molecule has 62 valence electrons. The van der Waals surface area contributed by atoms with Crippen LogP contribution in [0.3, 0.4) is 0 Å². The van der Waals surface area contributed by atoms with Gasteiger partial charge in [-0.2, -0.15) is 0 Å². The van der Waals surface area contributed by atoms with Gasteiger partial charge in [0, 0.05) is 0 Å². The molecule has 0 radical (unpaired) electrons. The van der Waals surface area contributed by atoms with Crippen LogP contribution >= 0.6 is 29.9 Å². The van der Waals surface area contributed by atoms with Crippen molar-refractivity contribution in [1.29, 1.82) is 0 Å². The fraction of sp³-hybridized carbons (Fsp3) is 0.143. The highest BCUT2D eigenvalue weighted by Crippen LogP contribution is 2.29. The van der Waals surface area contributed by atoms with E-state index >= 15 is 0 Å². The SMILES string of the molecule is Br.[Br][Mg][c]1ccc2c(c1)OCO2. The standard InChI is InChI=1S/C7H5O2.2BrH.Mg/c1-2-4-7-6(3-1)8-5-9-7;;;/h1,3-4H,5H2;2*1H;/q;;;+1/p-1. The average molecular weight is 306 g/mol. The Balaban J connectivity index is 0.000000720. The zero-order valence-electron chi connectivity index (χ0n) is 6.25. The second-order valence-electron chi connectivity index (χ2n) is 2.32. The van der Waals surface area contributed by atoms with Gasteiger partial charge in [-0.3, -0.25) is 12.9 Å². The lowest BCUT2D eigenvalue weighted by Crippen LogP contribution is -2.06. The molecule has 1 aliphatic heterocycles. The maximum atomic E-state index is 5.22. The van der Waals surface area contributed by atoms with Crippen molar-refractivity contribution in [1.82, 2.24) is 0 Å². The van der Waals surface area contributed by atoms with Gasteiger partial charge in [0.1, 0.15) is 0 Å². The molecule has 12 heavy (non-hydrogen) atoms. The first-order chi connectivity index (χ1) is 5.40. The molecule has 0 saturated carbocycles. The Hall–Kier alpha value is 0.546. The predicted octanol–water partition coefficient (Wildman–Crippen LogP) is 1.63. The van der Waals surface area contributed by atoms with Crippen molar-refractivity contribution in [2.24, 2.45) is 0 Å². The Bertz CT molecular complexity index is 280. The Morgan fingerprint density at radius 2 is 2.00 bits per heavy atom. The molecule has 0 aromatic heterocycles. The molecule has 0 atom stereocenters. The summed E-state index contributed by atoms with van der Waals surface area (Å²) in [5, 5.41) is 0. The highest BCUT2D eigenvalue weighted by molar-refractivity contribution is 9.23. The zero-order chi connectivity index (χ0) is 7.68. The van der Waals surface area contributed by atoms with Gasteiger partial charge in [0.15, 0.2) is 11.5 Å². The maximum absolute atomic E-state index is 5.22. The Morgan fingerprint density at radius 3 is 2.75 bits per heavy atom. The third-order valence-electron chi connectivity index (χ3n) is 1.59. The van der Waals surface area contributed by atoms with Gasteiger partial charge >= 0.3 is 18.2 Å². The molecule has 0 unspecified atom stereocenters. The van der Waals surface area contributed by atoms with Crippen molar-refractivity contribution < 1.29 is 9.47 Å². The van der Waals surface area contributed by atoms with Crippen LogP contribution in [0.15, 0.2) is 18.2 Å². The Kier molecular flexibility index (Phi) is 4.15. The quantitative estimate of drug-likeness (QED) is 0.734. The molecule has 1 aliphatic rings. The topological polar surface area (TPSA) is 18.5 Å². The summed E-state index contributed by atoms with van der Waals surface area (Å²) < 4.78 is 11.7. The molecule has 5 heteroatoms. The fourth-order valence-electron chi connectivity index (χ4n) is 1.02. The first kappa shape index (κ1) is 10.6. The van der Waals surface area contributed by atoms with E-state index in [1.807, 2.05) is 12.1 Å². The van der Waals surface area contributed by atoms with Crippen molar-refractivity contribution in [2.45, 2.75) is 0 Å². The molecule has 0 spiro atoms. The molecule has 0 fully saturated rings. The summed E-state index contributed by atoms with van der Waals surface area (Å²) in [6, 6.07) is 6.09. The van der Waals surface area contributed by atoms with Crippen LogP contribution in [-0.2, 0) is 0 Å².